The summed E-state index contributed by atoms with van der Waals surface area (Å²) in [4.78, 5) is 45.2. The van der Waals surface area contributed by atoms with E-state index in [1.807, 2.05) is 0 Å². The zero-order valence-corrected chi connectivity index (χ0v) is 13.8. The molecule has 0 saturated heterocycles. The number of aliphatic carboxylic acids is 2. The molecular weight excluding hydrogens is 322 g/mol. The first-order valence-electron chi connectivity index (χ1n) is 7.49. The minimum atomic E-state index is -1.25. The lowest BCUT2D eigenvalue weighted by molar-refractivity contribution is -0.143. The minimum absolute atomic E-state index is 0.0293. The second-order valence-electron chi connectivity index (χ2n) is 5.06. The third kappa shape index (κ3) is 9.74. The second-order valence-corrected chi connectivity index (χ2v) is 5.06. The van der Waals surface area contributed by atoms with Crippen LogP contribution in [0.1, 0.15) is 25.7 Å². The summed E-state index contributed by atoms with van der Waals surface area (Å²) in [6.07, 6.45) is -0.230. The van der Waals surface area contributed by atoms with Crippen LogP contribution in [0.4, 0.5) is 0 Å². The van der Waals surface area contributed by atoms with Crippen LogP contribution in [0, 0.1) is 0 Å². The van der Waals surface area contributed by atoms with Crippen molar-refractivity contribution in [2.45, 2.75) is 37.8 Å². The van der Waals surface area contributed by atoms with E-state index in [4.69, 9.17) is 14.9 Å². The molecule has 0 aromatic rings. The van der Waals surface area contributed by atoms with Gasteiger partial charge in [-0.3, -0.25) is 14.4 Å². The van der Waals surface area contributed by atoms with Gasteiger partial charge in [0.15, 0.2) is 0 Å². The smallest absolute Gasteiger partial charge is 0.326 e. The van der Waals surface area contributed by atoms with E-state index in [1.54, 1.807) is 0 Å². The Hall–Kier alpha value is -2.20. The van der Waals surface area contributed by atoms with Crippen LogP contribution in [0.2, 0.25) is 0 Å². The quantitative estimate of drug-likeness (QED) is 0.254. The van der Waals surface area contributed by atoms with Crippen molar-refractivity contribution in [3.05, 3.63) is 0 Å². The van der Waals surface area contributed by atoms with E-state index >= 15 is 0 Å². The van der Waals surface area contributed by atoms with Gasteiger partial charge in [-0.05, 0) is 19.9 Å². The van der Waals surface area contributed by atoms with Crippen molar-refractivity contribution in [1.82, 2.24) is 16.0 Å². The van der Waals surface area contributed by atoms with Crippen LogP contribution in [-0.4, -0.2) is 73.4 Å². The van der Waals surface area contributed by atoms with Gasteiger partial charge in [-0.2, -0.15) is 0 Å². The van der Waals surface area contributed by atoms with Crippen molar-refractivity contribution >= 4 is 23.8 Å². The number of hydrogen-bond donors (Lipinski definition) is 5. The molecule has 0 aliphatic carbocycles. The highest BCUT2D eigenvalue weighted by Gasteiger charge is 2.22. The molecule has 0 bridgehead atoms. The monoisotopic (exact) mass is 347 g/mol. The van der Waals surface area contributed by atoms with E-state index in [2.05, 4.69) is 16.0 Å². The number of carboxylic acids is 2. The van der Waals surface area contributed by atoms with Crippen LogP contribution in [0.15, 0.2) is 0 Å². The fourth-order valence-electron chi connectivity index (χ4n) is 1.85. The minimum Gasteiger partial charge on any atom is -0.480 e. The molecule has 1 unspecified atom stereocenters. The van der Waals surface area contributed by atoms with Gasteiger partial charge >= 0.3 is 11.9 Å². The molecular formula is C14H25N3O7. The summed E-state index contributed by atoms with van der Waals surface area (Å²) in [5.41, 5.74) is 0. The SMILES string of the molecule is CN[C@@H](CCC(=O)NC(CCC(=O)NCCOC)C(=O)O)C(=O)O. The lowest BCUT2D eigenvalue weighted by Crippen LogP contribution is -2.42. The molecule has 2 amide bonds. The molecule has 24 heavy (non-hydrogen) atoms. The topological polar surface area (TPSA) is 154 Å². The normalized spacial score (nSPS) is 12.9. The van der Waals surface area contributed by atoms with Gasteiger partial charge < -0.3 is 30.9 Å². The summed E-state index contributed by atoms with van der Waals surface area (Å²) in [6, 6.07) is -2.09. The molecule has 0 spiro atoms. The molecule has 0 radical (unpaired) electrons. The molecule has 5 N–H and O–H groups in total. The fraction of sp³-hybridized carbons (Fsp3) is 0.714. The number of carboxylic acid groups (broad SMARTS) is 2. The predicted octanol–water partition coefficient (Wildman–Crippen LogP) is -1.45. The number of likely N-dealkylation sites (N-methyl/N-ethyl adjacent to an activating group) is 1. The molecule has 10 heteroatoms. The highest BCUT2D eigenvalue weighted by atomic mass is 16.5. The zero-order valence-electron chi connectivity index (χ0n) is 13.8. The van der Waals surface area contributed by atoms with Crippen molar-refractivity contribution in [1.29, 1.82) is 0 Å². The standard InChI is InChI=1S/C14H25N3O7/c1-15-9(13(20)21)3-6-12(19)17-10(14(22)23)4-5-11(18)16-7-8-24-2/h9-10,15H,3-8H2,1-2H3,(H,16,18)(H,17,19)(H,20,21)(H,22,23)/t9-,10?/m0/s1. The third-order valence-corrected chi connectivity index (χ3v) is 3.23. The van der Waals surface area contributed by atoms with Crippen LogP contribution in [0.3, 0.4) is 0 Å². The third-order valence-electron chi connectivity index (χ3n) is 3.23. The van der Waals surface area contributed by atoms with Gasteiger partial charge in [0.2, 0.25) is 11.8 Å². The molecule has 0 aliphatic rings. The number of hydrogen-bond acceptors (Lipinski definition) is 6. The largest absolute Gasteiger partial charge is 0.480 e. The Morgan fingerprint density at radius 1 is 0.958 bits per heavy atom. The van der Waals surface area contributed by atoms with Crippen molar-refractivity contribution < 1.29 is 34.1 Å². The van der Waals surface area contributed by atoms with Gasteiger partial charge in [-0.1, -0.05) is 0 Å². The number of rotatable bonds is 13. The fourth-order valence-corrected chi connectivity index (χ4v) is 1.85. The molecule has 0 aromatic carbocycles. The number of amides is 2. The zero-order chi connectivity index (χ0) is 18.5. The van der Waals surface area contributed by atoms with Gasteiger partial charge in [0.05, 0.1) is 6.61 Å². The summed E-state index contributed by atoms with van der Waals surface area (Å²) in [6.45, 7) is 0.668. The van der Waals surface area contributed by atoms with Crippen LogP contribution in [0.5, 0.6) is 0 Å². The average Bonchev–Trinajstić information content (AvgIpc) is 2.51. The second kappa shape index (κ2) is 12.3. The van der Waals surface area contributed by atoms with Gasteiger partial charge in [-0.25, -0.2) is 4.79 Å². The van der Waals surface area contributed by atoms with Crippen molar-refractivity contribution in [3.8, 4) is 0 Å². The number of methoxy groups -OCH3 is 1. The predicted molar refractivity (Wildman–Crippen MR) is 83.4 cm³/mol. The number of ether oxygens (including phenoxy) is 1. The Balaban J connectivity index is 4.27. The van der Waals surface area contributed by atoms with Crippen LogP contribution < -0.4 is 16.0 Å². The lowest BCUT2D eigenvalue weighted by Gasteiger charge is -2.15. The summed E-state index contributed by atoms with van der Waals surface area (Å²) >= 11 is 0. The Kier molecular flexibility index (Phi) is 11.1. The van der Waals surface area contributed by atoms with E-state index in [0.29, 0.717) is 13.2 Å². The average molecular weight is 347 g/mol. The Bertz CT molecular complexity index is 442. The Morgan fingerprint density at radius 2 is 1.50 bits per heavy atom. The van der Waals surface area contributed by atoms with Gasteiger partial charge in [0, 0.05) is 26.5 Å². The van der Waals surface area contributed by atoms with Gasteiger partial charge in [-0.15, -0.1) is 0 Å². The number of carbonyl (C=O) groups excluding carboxylic acids is 2. The Morgan fingerprint density at radius 3 is 2.00 bits per heavy atom. The maximum atomic E-state index is 11.7. The van der Waals surface area contributed by atoms with Gasteiger partial charge in [0.25, 0.3) is 0 Å². The van der Waals surface area contributed by atoms with Crippen LogP contribution in [0.25, 0.3) is 0 Å². The van der Waals surface area contributed by atoms with Crippen molar-refractivity contribution in [3.63, 3.8) is 0 Å². The van der Waals surface area contributed by atoms with Crippen molar-refractivity contribution in [2.24, 2.45) is 0 Å². The first-order chi connectivity index (χ1) is 11.3. The lowest BCUT2D eigenvalue weighted by atomic mass is 10.1. The summed E-state index contributed by atoms with van der Waals surface area (Å²) in [5, 5.41) is 25.3. The highest BCUT2D eigenvalue weighted by molar-refractivity contribution is 5.85. The molecule has 10 nitrogen and oxygen atoms in total. The number of carbonyl (C=O) groups is 4. The molecule has 0 aromatic heterocycles. The van der Waals surface area contributed by atoms with Gasteiger partial charge in [0.1, 0.15) is 12.1 Å². The Labute approximate surface area is 139 Å². The van der Waals surface area contributed by atoms with Crippen molar-refractivity contribution in [2.75, 3.05) is 27.3 Å². The van der Waals surface area contributed by atoms with Crippen LogP contribution >= 0.6 is 0 Å². The van der Waals surface area contributed by atoms with E-state index in [1.165, 1.54) is 14.2 Å². The van der Waals surface area contributed by atoms with Crippen LogP contribution in [-0.2, 0) is 23.9 Å². The molecule has 138 valence electrons. The van der Waals surface area contributed by atoms with E-state index in [-0.39, 0.29) is 31.6 Å². The molecule has 0 saturated carbocycles. The molecule has 0 heterocycles. The highest BCUT2D eigenvalue weighted by Crippen LogP contribution is 2.02. The summed E-state index contributed by atoms with van der Waals surface area (Å²) in [5.74, 6) is -3.26. The van der Waals surface area contributed by atoms with E-state index in [0.717, 1.165) is 0 Å². The molecule has 0 fully saturated rings. The van der Waals surface area contributed by atoms with E-state index in [9.17, 15) is 19.2 Å². The first kappa shape index (κ1) is 21.8. The first-order valence-corrected chi connectivity index (χ1v) is 7.49. The maximum Gasteiger partial charge on any atom is 0.326 e. The summed E-state index contributed by atoms with van der Waals surface area (Å²) in [7, 11) is 2.95. The molecule has 0 rings (SSSR count). The summed E-state index contributed by atoms with van der Waals surface area (Å²) < 4.78 is 4.77. The maximum absolute atomic E-state index is 11.7. The van der Waals surface area contributed by atoms with E-state index < -0.39 is 29.9 Å². The molecule has 0 aliphatic heterocycles. The molecule has 2 atom stereocenters. The number of nitrogens with one attached hydrogen (secondary N) is 3.